The minimum Gasteiger partial charge on any atom is -0.302 e. The highest BCUT2D eigenvalue weighted by atomic mass is 16.6. The molecule has 0 aliphatic heterocycles. The number of rotatable bonds is 6. The summed E-state index contributed by atoms with van der Waals surface area (Å²) < 4.78 is 0. The maximum absolute atomic E-state index is 5.15. The Morgan fingerprint density at radius 3 is 2.50 bits per heavy atom. The minimum atomic E-state index is 0.497. The first-order valence-electron chi connectivity index (χ1n) is 4.18. The average Bonchev–Trinajstić information content (AvgIpc) is 1.89. The first-order chi connectivity index (χ1) is 4.81. The molecule has 0 bridgehead atoms. The molecule has 1 unspecified atom stereocenters. The standard InChI is InChI=1S/C8H19NO/c1-4-6-8(3)9-10-7-5-2/h8-9H,4-7H2,1-3H3. The van der Waals surface area contributed by atoms with Crippen LogP contribution >= 0.6 is 0 Å². The van der Waals surface area contributed by atoms with Crippen molar-refractivity contribution < 1.29 is 4.84 Å². The highest BCUT2D eigenvalue weighted by molar-refractivity contribution is 4.51. The van der Waals surface area contributed by atoms with Crippen LogP contribution < -0.4 is 5.48 Å². The van der Waals surface area contributed by atoms with Gasteiger partial charge in [0.25, 0.3) is 0 Å². The van der Waals surface area contributed by atoms with Crippen molar-refractivity contribution in [1.82, 2.24) is 5.48 Å². The topological polar surface area (TPSA) is 21.3 Å². The third-order valence-electron chi connectivity index (χ3n) is 1.31. The van der Waals surface area contributed by atoms with Gasteiger partial charge in [0.15, 0.2) is 0 Å². The smallest absolute Gasteiger partial charge is 0.0679 e. The van der Waals surface area contributed by atoms with Gasteiger partial charge >= 0.3 is 0 Å². The molecule has 1 N–H and O–H groups in total. The second kappa shape index (κ2) is 7.03. The number of hydroxylamine groups is 1. The molecule has 0 radical (unpaired) electrons. The van der Waals surface area contributed by atoms with E-state index in [4.69, 9.17) is 4.84 Å². The number of hydrogen-bond donors (Lipinski definition) is 1. The molecule has 0 aliphatic carbocycles. The molecule has 0 aromatic rings. The Bertz CT molecular complexity index is 66.3. The fourth-order valence-corrected chi connectivity index (χ4v) is 0.795. The van der Waals surface area contributed by atoms with Gasteiger partial charge in [0.1, 0.15) is 0 Å². The van der Waals surface area contributed by atoms with Gasteiger partial charge in [-0.2, -0.15) is 5.48 Å². The van der Waals surface area contributed by atoms with Gasteiger partial charge in [0, 0.05) is 6.04 Å². The Balaban J connectivity index is 2.97. The Kier molecular flexibility index (Phi) is 6.98. The molecule has 1 atom stereocenters. The summed E-state index contributed by atoms with van der Waals surface area (Å²) >= 11 is 0. The summed E-state index contributed by atoms with van der Waals surface area (Å²) in [5, 5.41) is 0. The largest absolute Gasteiger partial charge is 0.302 e. The van der Waals surface area contributed by atoms with E-state index in [1.165, 1.54) is 12.8 Å². The Hall–Kier alpha value is -0.0800. The van der Waals surface area contributed by atoms with E-state index in [1.54, 1.807) is 0 Å². The zero-order chi connectivity index (χ0) is 7.82. The molecule has 0 heterocycles. The molecular formula is C8H19NO. The molecule has 0 saturated heterocycles. The summed E-state index contributed by atoms with van der Waals surface area (Å²) in [6, 6.07) is 0.497. The van der Waals surface area contributed by atoms with E-state index in [1.807, 2.05) is 0 Å². The molecule has 0 amide bonds. The summed E-state index contributed by atoms with van der Waals surface area (Å²) in [5.74, 6) is 0. The van der Waals surface area contributed by atoms with Crippen molar-refractivity contribution in [2.24, 2.45) is 0 Å². The van der Waals surface area contributed by atoms with E-state index >= 15 is 0 Å². The molecule has 2 heteroatoms. The maximum Gasteiger partial charge on any atom is 0.0679 e. The van der Waals surface area contributed by atoms with E-state index in [0.29, 0.717) is 6.04 Å². The normalized spacial score (nSPS) is 13.5. The van der Waals surface area contributed by atoms with Gasteiger partial charge in [0.2, 0.25) is 0 Å². The fourth-order valence-electron chi connectivity index (χ4n) is 0.795. The van der Waals surface area contributed by atoms with E-state index in [-0.39, 0.29) is 0 Å². The van der Waals surface area contributed by atoms with Crippen LogP contribution in [0.1, 0.15) is 40.0 Å². The molecule has 0 rings (SSSR count). The van der Waals surface area contributed by atoms with Gasteiger partial charge in [-0.05, 0) is 19.8 Å². The highest BCUT2D eigenvalue weighted by Crippen LogP contribution is 1.94. The Labute approximate surface area is 63.9 Å². The van der Waals surface area contributed by atoms with Gasteiger partial charge in [-0.25, -0.2) is 0 Å². The predicted molar refractivity (Wildman–Crippen MR) is 43.7 cm³/mol. The van der Waals surface area contributed by atoms with E-state index in [0.717, 1.165) is 13.0 Å². The molecule has 62 valence electrons. The summed E-state index contributed by atoms with van der Waals surface area (Å²) in [5.41, 5.74) is 2.98. The van der Waals surface area contributed by atoms with E-state index in [9.17, 15) is 0 Å². The van der Waals surface area contributed by atoms with Crippen molar-refractivity contribution in [3.8, 4) is 0 Å². The van der Waals surface area contributed by atoms with Crippen LogP contribution in [0.4, 0.5) is 0 Å². The van der Waals surface area contributed by atoms with Gasteiger partial charge in [-0.3, -0.25) is 0 Å². The predicted octanol–water partition coefficient (Wildman–Crippen LogP) is 2.11. The second-order valence-electron chi connectivity index (χ2n) is 2.66. The van der Waals surface area contributed by atoms with E-state index < -0.39 is 0 Å². The van der Waals surface area contributed by atoms with Crippen LogP contribution in [-0.2, 0) is 4.84 Å². The first kappa shape index (κ1) is 9.92. The lowest BCUT2D eigenvalue weighted by atomic mass is 10.2. The lowest BCUT2D eigenvalue weighted by molar-refractivity contribution is 0.0185. The third-order valence-corrected chi connectivity index (χ3v) is 1.31. The van der Waals surface area contributed by atoms with Crippen LogP contribution in [0.15, 0.2) is 0 Å². The van der Waals surface area contributed by atoms with Gasteiger partial charge in [0.05, 0.1) is 6.61 Å². The summed E-state index contributed by atoms with van der Waals surface area (Å²) in [7, 11) is 0. The van der Waals surface area contributed by atoms with Crippen molar-refractivity contribution in [2.45, 2.75) is 46.1 Å². The SMILES string of the molecule is CCCONC(C)CCC. The molecule has 0 aliphatic rings. The molecule has 0 aromatic heterocycles. The van der Waals surface area contributed by atoms with E-state index in [2.05, 4.69) is 26.3 Å². The second-order valence-corrected chi connectivity index (χ2v) is 2.66. The monoisotopic (exact) mass is 145 g/mol. The maximum atomic E-state index is 5.15. The molecule has 0 saturated carbocycles. The zero-order valence-electron chi connectivity index (χ0n) is 7.31. The number of nitrogens with one attached hydrogen (secondary N) is 1. The number of hydrogen-bond acceptors (Lipinski definition) is 2. The molecule has 0 fully saturated rings. The van der Waals surface area contributed by atoms with Crippen LogP contribution in [0.2, 0.25) is 0 Å². The summed E-state index contributed by atoms with van der Waals surface area (Å²) in [6.07, 6.45) is 3.47. The lowest BCUT2D eigenvalue weighted by Gasteiger charge is -2.11. The Morgan fingerprint density at radius 2 is 2.00 bits per heavy atom. The minimum absolute atomic E-state index is 0.497. The van der Waals surface area contributed by atoms with Crippen LogP contribution in [0, 0.1) is 0 Å². The van der Waals surface area contributed by atoms with Gasteiger partial charge in [-0.15, -0.1) is 0 Å². The average molecular weight is 145 g/mol. The molecular weight excluding hydrogens is 126 g/mol. The third kappa shape index (κ3) is 6.05. The molecule has 0 spiro atoms. The quantitative estimate of drug-likeness (QED) is 0.456. The molecule has 2 nitrogen and oxygen atoms in total. The van der Waals surface area contributed by atoms with Gasteiger partial charge < -0.3 is 4.84 Å². The Morgan fingerprint density at radius 1 is 1.30 bits per heavy atom. The van der Waals surface area contributed by atoms with Crippen molar-refractivity contribution in [2.75, 3.05) is 6.61 Å². The lowest BCUT2D eigenvalue weighted by Crippen LogP contribution is -2.26. The first-order valence-corrected chi connectivity index (χ1v) is 4.18. The highest BCUT2D eigenvalue weighted by Gasteiger charge is 1.96. The zero-order valence-corrected chi connectivity index (χ0v) is 7.31. The van der Waals surface area contributed by atoms with Gasteiger partial charge in [-0.1, -0.05) is 20.3 Å². The van der Waals surface area contributed by atoms with Crippen molar-refractivity contribution in [3.63, 3.8) is 0 Å². The van der Waals surface area contributed by atoms with Crippen LogP contribution in [0.25, 0.3) is 0 Å². The summed E-state index contributed by atoms with van der Waals surface area (Å²) in [6.45, 7) is 7.23. The van der Waals surface area contributed by atoms with Crippen molar-refractivity contribution in [1.29, 1.82) is 0 Å². The van der Waals surface area contributed by atoms with Crippen molar-refractivity contribution >= 4 is 0 Å². The molecule has 0 aromatic carbocycles. The van der Waals surface area contributed by atoms with Crippen molar-refractivity contribution in [3.05, 3.63) is 0 Å². The van der Waals surface area contributed by atoms with Crippen LogP contribution in [-0.4, -0.2) is 12.6 Å². The summed E-state index contributed by atoms with van der Waals surface area (Å²) in [4.78, 5) is 5.15. The fraction of sp³-hybridized carbons (Fsp3) is 1.00. The van der Waals surface area contributed by atoms with Crippen LogP contribution in [0.5, 0.6) is 0 Å². The van der Waals surface area contributed by atoms with Crippen LogP contribution in [0.3, 0.4) is 0 Å². The molecule has 10 heavy (non-hydrogen) atoms.